The van der Waals surface area contributed by atoms with E-state index in [4.69, 9.17) is 87.2 Å². The molecular formula is C58H79FN17O32P5Y5. The smallest absolute Gasteiger partial charge is 0.330 e. The number of aryl methyl sites for hydroxylation is 1. The monoisotopic (exact) mass is 2140 g/mol. The topological polar surface area (TPSA) is 675 Å². The summed E-state index contributed by atoms with van der Waals surface area (Å²) in [4.78, 5) is 110. The van der Waals surface area contributed by atoms with E-state index < -0.39 is 205 Å². The van der Waals surface area contributed by atoms with Crippen molar-refractivity contribution < 1.29 is 286 Å². The third kappa shape index (κ3) is 20.3. The number of imidazole rings is 2. The molecule has 7 aromatic rings. The van der Waals surface area contributed by atoms with E-state index in [-0.39, 0.29) is 258 Å². The van der Waals surface area contributed by atoms with Crippen LogP contribution in [0.3, 0.4) is 0 Å². The van der Waals surface area contributed by atoms with Crippen molar-refractivity contribution in [1.29, 1.82) is 0 Å². The van der Waals surface area contributed by atoms with Crippen LogP contribution in [0.15, 0.2) is 70.9 Å². The number of rotatable bonds is 20. The van der Waals surface area contributed by atoms with Crippen LogP contribution in [0.2, 0.25) is 0 Å². The van der Waals surface area contributed by atoms with E-state index in [0.29, 0.717) is 22.9 Å². The molecule has 0 aliphatic carbocycles. The van der Waals surface area contributed by atoms with Crippen molar-refractivity contribution >= 4 is 80.2 Å². The van der Waals surface area contributed by atoms with Crippen LogP contribution in [-0.4, -0.2) is 282 Å². The van der Waals surface area contributed by atoms with Gasteiger partial charge in [0.25, 0.3) is 22.2 Å². The molecule has 10 fully saturated rings. The summed E-state index contributed by atoms with van der Waals surface area (Å²) in [5.41, 5.74) is 7.87. The maximum Gasteiger partial charge on any atom is 0.330 e. The third-order valence-corrected chi connectivity index (χ3v) is 22.6. The van der Waals surface area contributed by atoms with Gasteiger partial charge in [-0.3, -0.25) is 84.8 Å². The molecule has 17 heterocycles. The number of aromatic nitrogens is 14. The maximum atomic E-state index is 13.4. The number of aromatic amines is 4. The van der Waals surface area contributed by atoms with Crippen LogP contribution < -0.4 is 56.5 Å². The fourth-order valence-corrected chi connectivity index (χ4v) is 16.4. The molecule has 10 saturated heterocycles. The van der Waals surface area contributed by atoms with Crippen molar-refractivity contribution in [2.24, 2.45) is 0 Å². The number of aliphatic hydroxyl groups excluding tert-OH is 5. The predicted octanol–water partition coefficient (Wildman–Crippen LogP) is -5.52. The van der Waals surface area contributed by atoms with Crippen LogP contribution in [0.1, 0.15) is 36.7 Å². The summed E-state index contributed by atoms with van der Waals surface area (Å²) in [6.45, 7) is 8.71. The molecule has 5 radical (unpaired) electrons. The minimum Gasteiger partial charge on any atom is -0.387 e. The number of hydrogen-bond acceptors (Lipinski definition) is 40. The van der Waals surface area contributed by atoms with Crippen LogP contribution in [-0.2, 0) is 256 Å². The Kier molecular flexibility index (Phi) is 35.3. The predicted molar refractivity (Wildman–Crippen MR) is 383 cm³/mol. The average Bonchev–Trinajstić information content (AvgIpc) is 1.59. The Morgan fingerprint density at radius 2 is 0.771 bits per heavy atom. The van der Waals surface area contributed by atoms with Gasteiger partial charge in [-0.05, 0) is 6.92 Å². The van der Waals surface area contributed by atoms with Crippen molar-refractivity contribution in [3.8, 4) is 0 Å². The van der Waals surface area contributed by atoms with Gasteiger partial charge in [-0.15, -0.1) is 0 Å². The summed E-state index contributed by atoms with van der Waals surface area (Å²) in [7, 11) is -11.0. The number of hydrogen-bond donors (Lipinski definition) is 12. The van der Waals surface area contributed by atoms with E-state index >= 15 is 0 Å². The van der Waals surface area contributed by atoms with Gasteiger partial charge in [-0.2, -0.15) is 19.3 Å². The van der Waals surface area contributed by atoms with Gasteiger partial charge in [0, 0.05) is 221 Å². The quantitative estimate of drug-likeness (QED) is 0.0317. The third-order valence-electron chi connectivity index (χ3n) is 19.8. The van der Waals surface area contributed by atoms with Gasteiger partial charge in [0.1, 0.15) is 94.6 Å². The zero-order chi connectivity index (χ0) is 81.5. The Labute approximate surface area is 790 Å². The van der Waals surface area contributed by atoms with Crippen molar-refractivity contribution in [2.75, 3.05) is 117 Å². The molecule has 60 heteroatoms. The molecule has 10 bridgehead atoms. The molecule has 17 rings (SSSR count). The summed E-state index contributed by atoms with van der Waals surface area (Å²) in [6.07, 6.45) is -6.95. The van der Waals surface area contributed by atoms with E-state index in [9.17, 15) is 86.3 Å². The van der Waals surface area contributed by atoms with E-state index in [1.165, 1.54) is 73.6 Å². The SMILES string of the molecule is C[PH](=O)OC[C@@]12CO[C@@H]([C@H](n3cc(F)c(=O)[nH]c3=O)O1)[C@@H]2O.C[PH](=O)OC[C@@]12CO[C@@H]([C@H](n3ccc(=O)[nH]c3=O)O1)[C@@H]2O.C[PH](=O)OC[C@@]12CO[C@@H]([C@H](n3cnc4c(=O)[nH]c(N)nc43)O1)[C@@H]2O.C[PH](=O)OC[C@@]12CO[C@@H]([C@H](n3cnc4c(N)nc(N)nc43)O1)[C@@H]2O.Cc1cn([C@@H]2O[C@@]3(CO[PH](C)=O)CO[C@@H]2[C@@H]3O)c(=O)[nH]c1=O.[Y].[Y].[Y].[Y].[Y]. The number of fused-ring (bicyclic) bond motifs is 12. The van der Waals surface area contributed by atoms with Gasteiger partial charge in [0.2, 0.25) is 17.7 Å². The van der Waals surface area contributed by atoms with Crippen molar-refractivity contribution in [2.45, 2.75) is 127 Å². The van der Waals surface area contributed by atoms with Crippen molar-refractivity contribution in [3.05, 3.63) is 122 Å². The molecular weight excluding hydrogens is 2070 g/mol. The van der Waals surface area contributed by atoms with E-state index in [1.54, 1.807) is 16.5 Å². The second-order valence-corrected chi connectivity index (χ2v) is 33.9. The first-order chi connectivity index (χ1) is 53.4. The van der Waals surface area contributed by atoms with Gasteiger partial charge in [-0.25, -0.2) is 24.4 Å². The minimum absolute atomic E-state index is 0. The molecule has 10 aliphatic heterocycles. The minimum atomic E-state index is -2.25. The molecule has 15 N–H and O–H groups in total. The van der Waals surface area contributed by atoms with E-state index in [2.05, 4.69) is 39.9 Å². The summed E-state index contributed by atoms with van der Waals surface area (Å²) >= 11 is 0. The Bertz CT molecular complexity index is 5270. The number of halogens is 1. The number of nitrogens with two attached hydrogens (primary N) is 3. The summed E-state index contributed by atoms with van der Waals surface area (Å²) in [5.74, 6) is -1.05. The van der Waals surface area contributed by atoms with Gasteiger partial charge in [0.05, 0.1) is 84.9 Å². The van der Waals surface area contributed by atoms with Crippen LogP contribution in [0.4, 0.5) is 22.1 Å². The molecule has 25 atom stereocenters. The van der Waals surface area contributed by atoms with Gasteiger partial charge < -0.3 is 113 Å². The Balaban J connectivity index is 0.000000182. The zero-order valence-corrected chi connectivity index (χ0v) is 82.1. The molecule has 0 aromatic carbocycles. The number of nitrogen functional groups attached to an aromatic ring is 3. The molecule has 5 unspecified atom stereocenters. The van der Waals surface area contributed by atoms with Crippen LogP contribution >= 0.6 is 40.1 Å². The fourth-order valence-electron chi connectivity index (χ4n) is 14.1. The summed E-state index contributed by atoms with van der Waals surface area (Å²) in [6, 6.07) is 1.18. The number of ether oxygens (including phenoxy) is 10. The normalized spacial score (nSPS) is 33.0. The average molecular weight is 2140 g/mol. The number of nitrogens with zero attached hydrogens (tertiary/aromatic N) is 10. The first kappa shape index (κ1) is 102. The Morgan fingerprint density at radius 3 is 1.14 bits per heavy atom. The molecule has 0 spiro atoms. The fraction of sp³-hybridized carbons (Fsp3) is 0.621. The van der Waals surface area contributed by atoms with Crippen LogP contribution in [0.25, 0.3) is 22.3 Å². The number of aliphatic hydroxyl groups is 5. The van der Waals surface area contributed by atoms with Crippen molar-refractivity contribution in [3.63, 3.8) is 0 Å². The molecule has 0 amide bonds. The molecule has 10 aliphatic rings. The molecule has 635 valence electrons. The number of H-pyrrole nitrogens is 4. The molecule has 118 heavy (non-hydrogen) atoms. The Hall–Kier alpha value is -1.86. The maximum absolute atomic E-state index is 13.4. The van der Waals surface area contributed by atoms with Crippen LogP contribution in [0.5, 0.6) is 0 Å². The Morgan fingerprint density at radius 1 is 0.449 bits per heavy atom. The largest absolute Gasteiger partial charge is 0.387 e. The van der Waals surface area contributed by atoms with Gasteiger partial charge in [0.15, 0.2) is 93.9 Å². The summed E-state index contributed by atoms with van der Waals surface area (Å²) in [5, 5.41) is 51.8. The first-order valence-electron chi connectivity index (χ1n) is 34.1. The summed E-state index contributed by atoms with van der Waals surface area (Å²) < 4.78 is 158. The van der Waals surface area contributed by atoms with Crippen LogP contribution in [0, 0.1) is 12.7 Å². The van der Waals surface area contributed by atoms with Crippen molar-refractivity contribution in [1.82, 2.24) is 67.7 Å². The zero-order valence-electron chi connectivity index (χ0n) is 62.9. The second kappa shape index (κ2) is 41.1. The first-order valence-corrected chi connectivity index (χ1v) is 43.2. The number of nitrogens with one attached hydrogen (secondary N) is 4. The number of anilines is 3. The second-order valence-electron chi connectivity index (χ2n) is 27.6. The van der Waals surface area contributed by atoms with Gasteiger partial charge >= 0.3 is 17.1 Å². The van der Waals surface area contributed by atoms with E-state index in [0.717, 1.165) is 9.13 Å². The van der Waals surface area contributed by atoms with E-state index in [1.807, 2.05) is 0 Å². The standard InChI is InChI=1S/C12H17N6O5P.C12H16N5O6P.C12H17N2O7P.C11H14FN2O7P.C11H15N2O7P.5Y/c1-24(20)22-3-12-2-21-6(7(12)19)10(23-12)18-4-15-5-8(13)16-11(14)17-9(5)18;1-24(20)22-3-12-2-21-6(7(12)18)10(23-12)17-4-14-5-8(17)15-11(13)16-9(5)19;1-6-3-14(11(17)13-9(6)16)10-7-8(15)12(21-10,4-19-7)5-20-22(2)18;1-22(18)20-4-11-3-19-6(7(11)15)9(21-11)14-2-5(12)8(16)13-10(14)17;1-21(17)19-5-11-4-18-7(8(11)15)9(20-11)13-3-2-6(14)12-10(13)16;;;;;/h4,6-7,10,19,24H,2-3H2,1H3,(H4,13,14,16,17);4,6-7,10,18,24H,2-3H2,1H3,(H3,13,15,16,19);3,7-8,10,15,22H,4-5H2,1-2H3,(H,13,16,17);2,6-7,9,15,22H,3-4H2,1H3,(H,13,16,17);2-3,7-9,15,21H,4-5H2,1H3,(H,12,14,16);;;;;/t2*6-,7+,10-,12-;7-,8+,10-,12-;6-,7+,9-,11-;7-,8+,9-,11-;;;;;/m11111...../s1. The molecule has 49 nitrogen and oxygen atoms in total. The molecule has 0 saturated carbocycles. The molecule has 7 aromatic heterocycles. The van der Waals surface area contributed by atoms with Gasteiger partial charge in [-0.1, -0.05) is 0 Å².